The first-order chi connectivity index (χ1) is 7.41. The molecule has 1 aliphatic rings. The molecule has 0 bridgehead atoms. The molecule has 92 valence electrons. The Morgan fingerprint density at radius 3 is 2.56 bits per heavy atom. The van der Waals surface area contributed by atoms with Crippen LogP contribution in [0.15, 0.2) is 12.4 Å². The lowest BCUT2D eigenvalue weighted by atomic mass is 10.1. The van der Waals surface area contributed by atoms with Gasteiger partial charge in [0.2, 0.25) is 0 Å². The van der Waals surface area contributed by atoms with Gasteiger partial charge in [0.05, 0.1) is 11.7 Å². The summed E-state index contributed by atoms with van der Waals surface area (Å²) in [5.74, 6) is 0.444. The monoisotopic (exact) mass is 226 g/mol. The second kappa shape index (κ2) is 5.23. The number of hydrogen-bond donors (Lipinski definition) is 2. The molecular formula is C12H22N2O2. The highest BCUT2D eigenvalue weighted by molar-refractivity contribution is 5.70. The molecule has 0 aliphatic carbocycles. The number of likely N-dealkylation sites (tertiary alicyclic amines) is 1. The average molecular weight is 226 g/mol. The Bertz CT molecular complexity index is 276. The smallest absolute Gasteiger partial charge is 0.308 e. The number of rotatable bonds is 5. The van der Waals surface area contributed by atoms with E-state index >= 15 is 0 Å². The Morgan fingerprint density at radius 2 is 2.12 bits per heavy atom. The van der Waals surface area contributed by atoms with Gasteiger partial charge in [0.1, 0.15) is 0 Å². The number of carboxylic acids is 1. The van der Waals surface area contributed by atoms with Crippen molar-refractivity contribution < 1.29 is 9.90 Å². The van der Waals surface area contributed by atoms with E-state index in [0.717, 1.165) is 12.4 Å². The number of carbonyl (C=O) groups is 1. The molecule has 1 unspecified atom stereocenters. The van der Waals surface area contributed by atoms with E-state index in [9.17, 15) is 4.79 Å². The highest BCUT2D eigenvalue weighted by atomic mass is 16.4. The number of nitrogens with zero attached hydrogens (tertiary/aromatic N) is 1. The highest BCUT2D eigenvalue weighted by Crippen LogP contribution is 2.19. The predicted molar refractivity (Wildman–Crippen MR) is 63.9 cm³/mol. The summed E-state index contributed by atoms with van der Waals surface area (Å²) >= 11 is 0. The lowest BCUT2D eigenvalue weighted by Crippen LogP contribution is -2.37. The van der Waals surface area contributed by atoms with Crippen LogP contribution in [0, 0.1) is 11.8 Å². The Balaban J connectivity index is 2.42. The van der Waals surface area contributed by atoms with Gasteiger partial charge in [-0.1, -0.05) is 20.4 Å². The van der Waals surface area contributed by atoms with Crippen molar-refractivity contribution in [3.8, 4) is 0 Å². The van der Waals surface area contributed by atoms with Crippen molar-refractivity contribution in [3.05, 3.63) is 12.4 Å². The minimum absolute atomic E-state index is 0.243. The molecule has 1 rings (SSSR count). The van der Waals surface area contributed by atoms with Crippen molar-refractivity contribution in [2.45, 2.75) is 33.2 Å². The molecule has 2 atom stereocenters. The van der Waals surface area contributed by atoms with Gasteiger partial charge < -0.3 is 15.3 Å². The summed E-state index contributed by atoms with van der Waals surface area (Å²) < 4.78 is 0. The number of hydrogen-bond acceptors (Lipinski definition) is 3. The van der Waals surface area contributed by atoms with Gasteiger partial charge in [-0.15, -0.1) is 0 Å². The second-order valence-corrected chi connectivity index (χ2v) is 4.89. The maximum Gasteiger partial charge on any atom is 0.308 e. The van der Waals surface area contributed by atoms with Gasteiger partial charge in [-0.05, 0) is 19.3 Å². The van der Waals surface area contributed by atoms with Crippen LogP contribution in [0.1, 0.15) is 27.2 Å². The number of aliphatic carboxylic acids is 1. The van der Waals surface area contributed by atoms with Crippen LogP contribution in [0.4, 0.5) is 0 Å². The van der Waals surface area contributed by atoms with E-state index in [1.807, 2.05) is 4.90 Å². The lowest BCUT2D eigenvalue weighted by Gasteiger charge is -2.27. The molecular weight excluding hydrogens is 204 g/mol. The van der Waals surface area contributed by atoms with Gasteiger partial charge in [-0.2, -0.15) is 0 Å². The minimum Gasteiger partial charge on any atom is -0.481 e. The molecule has 0 amide bonds. The van der Waals surface area contributed by atoms with Gasteiger partial charge >= 0.3 is 5.97 Å². The summed E-state index contributed by atoms with van der Waals surface area (Å²) in [6.45, 7) is 11.7. The second-order valence-electron chi connectivity index (χ2n) is 4.89. The molecule has 2 N–H and O–H groups in total. The highest BCUT2D eigenvalue weighted by Gasteiger charge is 2.28. The minimum atomic E-state index is -0.702. The normalized spacial score (nSPS) is 22.2. The molecule has 1 aliphatic heterocycles. The van der Waals surface area contributed by atoms with E-state index in [1.165, 1.54) is 0 Å². The first-order valence-electron chi connectivity index (χ1n) is 5.85. The fraction of sp³-hybridized carbons (Fsp3) is 0.750. The van der Waals surface area contributed by atoms with Crippen LogP contribution in [0.5, 0.6) is 0 Å². The third-order valence-electron chi connectivity index (χ3n) is 3.31. The topological polar surface area (TPSA) is 52.6 Å². The first-order valence-corrected chi connectivity index (χ1v) is 5.85. The summed E-state index contributed by atoms with van der Waals surface area (Å²) in [6.07, 6.45) is 0.714. The Labute approximate surface area is 97.3 Å². The number of nitrogens with one attached hydrogen (secondary N) is 1. The van der Waals surface area contributed by atoms with Crippen molar-refractivity contribution in [1.82, 2.24) is 10.2 Å². The lowest BCUT2D eigenvalue weighted by molar-refractivity contribution is -0.141. The van der Waals surface area contributed by atoms with Gasteiger partial charge in [0.15, 0.2) is 0 Å². The Hall–Kier alpha value is -1.19. The van der Waals surface area contributed by atoms with Crippen LogP contribution in [0.25, 0.3) is 0 Å². The van der Waals surface area contributed by atoms with Crippen LogP contribution < -0.4 is 5.32 Å². The van der Waals surface area contributed by atoms with Crippen LogP contribution in [0.3, 0.4) is 0 Å². The van der Waals surface area contributed by atoms with Gasteiger partial charge in [0.25, 0.3) is 0 Å². The average Bonchev–Trinajstić information content (AvgIpc) is 2.65. The molecule has 0 aromatic heterocycles. The SMILES string of the molecule is C=C(N[C@H](C)C(C)C)N1CCC(C(=O)O)C1. The van der Waals surface area contributed by atoms with Crippen LogP contribution in [-0.2, 0) is 4.79 Å². The Kier molecular flexibility index (Phi) is 4.21. The van der Waals surface area contributed by atoms with Gasteiger partial charge in [-0.25, -0.2) is 0 Å². The molecule has 16 heavy (non-hydrogen) atoms. The van der Waals surface area contributed by atoms with E-state index < -0.39 is 5.97 Å². The van der Waals surface area contributed by atoms with Crippen LogP contribution >= 0.6 is 0 Å². The molecule has 4 nitrogen and oxygen atoms in total. The molecule has 4 heteroatoms. The van der Waals surface area contributed by atoms with E-state index in [-0.39, 0.29) is 5.92 Å². The quantitative estimate of drug-likeness (QED) is 0.746. The molecule has 0 spiro atoms. The van der Waals surface area contributed by atoms with E-state index in [1.54, 1.807) is 0 Å². The fourth-order valence-corrected chi connectivity index (χ4v) is 1.73. The molecule has 1 fully saturated rings. The molecule has 0 aromatic carbocycles. The van der Waals surface area contributed by atoms with Crippen molar-refractivity contribution in [1.29, 1.82) is 0 Å². The van der Waals surface area contributed by atoms with Crippen LogP contribution in [0.2, 0.25) is 0 Å². The Morgan fingerprint density at radius 1 is 1.50 bits per heavy atom. The van der Waals surface area contributed by atoms with E-state index in [2.05, 4.69) is 32.7 Å². The zero-order valence-electron chi connectivity index (χ0n) is 10.4. The number of carboxylic acid groups (broad SMARTS) is 1. The molecule has 0 radical (unpaired) electrons. The predicted octanol–water partition coefficient (Wildman–Crippen LogP) is 1.50. The fourth-order valence-electron chi connectivity index (χ4n) is 1.73. The summed E-state index contributed by atoms with van der Waals surface area (Å²) in [4.78, 5) is 12.8. The molecule has 1 saturated heterocycles. The first kappa shape index (κ1) is 12.9. The molecule has 1 heterocycles. The summed E-state index contributed by atoms with van der Waals surface area (Å²) in [5, 5.41) is 12.2. The zero-order chi connectivity index (χ0) is 12.3. The zero-order valence-corrected chi connectivity index (χ0v) is 10.4. The van der Waals surface area contributed by atoms with E-state index in [0.29, 0.717) is 24.9 Å². The van der Waals surface area contributed by atoms with Crippen molar-refractivity contribution in [2.24, 2.45) is 11.8 Å². The standard InChI is InChI=1S/C12H22N2O2/c1-8(2)9(3)13-10(4)14-6-5-11(7-14)12(15)16/h8-9,11,13H,4-7H2,1-3H3,(H,15,16)/t9-,11?/m1/s1. The van der Waals surface area contributed by atoms with Crippen LogP contribution in [-0.4, -0.2) is 35.1 Å². The summed E-state index contributed by atoms with van der Waals surface area (Å²) in [5.41, 5.74) is 0. The summed E-state index contributed by atoms with van der Waals surface area (Å²) in [6, 6.07) is 0.358. The third-order valence-corrected chi connectivity index (χ3v) is 3.31. The molecule has 0 aromatic rings. The maximum atomic E-state index is 10.8. The van der Waals surface area contributed by atoms with Crippen molar-refractivity contribution in [3.63, 3.8) is 0 Å². The molecule has 0 saturated carbocycles. The van der Waals surface area contributed by atoms with Gasteiger partial charge in [-0.3, -0.25) is 4.79 Å². The van der Waals surface area contributed by atoms with Crippen molar-refractivity contribution >= 4 is 5.97 Å². The largest absolute Gasteiger partial charge is 0.481 e. The van der Waals surface area contributed by atoms with Crippen molar-refractivity contribution in [2.75, 3.05) is 13.1 Å². The van der Waals surface area contributed by atoms with E-state index in [4.69, 9.17) is 5.11 Å². The maximum absolute atomic E-state index is 10.8. The van der Waals surface area contributed by atoms with Gasteiger partial charge in [0, 0.05) is 19.1 Å². The third kappa shape index (κ3) is 3.15. The summed E-state index contributed by atoms with van der Waals surface area (Å²) in [7, 11) is 0.